The van der Waals surface area contributed by atoms with E-state index in [1.165, 1.54) is 14.2 Å². The first-order chi connectivity index (χ1) is 16.5. The van der Waals surface area contributed by atoms with Crippen LogP contribution >= 0.6 is 0 Å². The number of nitrogens with zero attached hydrogens (tertiary/aromatic N) is 4. The van der Waals surface area contributed by atoms with Crippen LogP contribution in [0, 0.1) is 0 Å². The number of aryl methyl sites for hydroxylation is 3. The average Bonchev–Trinajstić information content (AvgIpc) is 3.20. The van der Waals surface area contributed by atoms with Crippen molar-refractivity contribution < 1.29 is 15.7 Å². The van der Waals surface area contributed by atoms with Gasteiger partial charge in [0.2, 0.25) is 5.95 Å². The first-order valence-corrected chi connectivity index (χ1v) is 10.9. The second-order valence-corrected chi connectivity index (χ2v) is 7.74. The van der Waals surface area contributed by atoms with Gasteiger partial charge in [0.05, 0.1) is 42.6 Å². The second kappa shape index (κ2) is 9.74. The van der Waals surface area contributed by atoms with Crippen LogP contribution in [-0.4, -0.2) is 39.9 Å². The van der Waals surface area contributed by atoms with Crippen LogP contribution < -0.4 is 10.1 Å². The lowest BCUT2D eigenvalue weighted by atomic mass is 9.91. The lowest BCUT2D eigenvalue weighted by molar-refractivity contribution is 0.0600. The van der Waals surface area contributed by atoms with Gasteiger partial charge >= 0.3 is 5.97 Å². The molecule has 1 N–H and O–H groups in total. The minimum Gasteiger partial charge on any atom is -0.495 e. The molecule has 1 aliphatic carbocycles. The van der Waals surface area contributed by atoms with Gasteiger partial charge in [0, 0.05) is 20.2 Å². The third-order valence-electron chi connectivity index (χ3n) is 5.68. The van der Waals surface area contributed by atoms with Crippen LogP contribution in [0.5, 0.6) is 5.75 Å². The number of benzene rings is 1. The van der Waals surface area contributed by atoms with E-state index in [4.69, 9.17) is 19.6 Å². The quantitative estimate of drug-likeness (QED) is 0.397. The highest BCUT2D eigenvalue weighted by Gasteiger charge is 2.27. The molecule has 0 aliphatic heterocycles. The number of anilines is 2. The fourth-order valence-electron chi connectivity index (χ4n) is 4.06. The van der Waals surface area contributed by atoms with E-state index >= 15 is 0 Å². The maximum Gasteiger partial charge on any atom is 0.337 e. The highest BCUT2D eigenvalue weighted by Crippen LogP contribution is 2.38. The second-order valence-electron chi connectivity index (χ2n) is 7.74. The highest BCUT2D eigenvalue weighted by molar-refractivity contribution is 5.91. The van der Waals surface area contributed by atoms with Gasteiger partial charge < -0.3 is 14.8 Å². The first-order valence-electron chi connectivity index (χ1n) is 10.9. The number of hydrogen-bond donors (Lipinski definition) is 1. The largest absolute Gasteiger partial charge is 0.495 e. The Labute approximate surface area is 200 Å². The molecule has 2 heterocycles. The fourth-order valence-corrected chi connectivity index (χ4v) is 4.06. The number of esters is 1. The maximum absolute atomic E-state index is 11.9. The molecule has 2 aromatic heterocycles. The number of aromatic nitrogens is 4. The molecule has 1 aliphatic rings. The summed E-state index contributed by atoms with van der Waals surface area (Å²) in [4.78, 5) is 21.2. The standard InChI is InChI=1S/C26H27N5O3.H2/c1-6-8-9-16(7-2)24-22-20(30-31(24)3)13-11-18-15-27-26(29-23(18)22)28-19-12-10-17(25(32)34-5)14-21(19)33-4;/h6-10,12,14-15H,2,11,13H2,1,3-5H3,(H,27,28,29);1H/b8-6-,16-9+;. The van der Waals surface area contributed by atoms with Crippen molar-refractivity contribution >= 4 is 23.2 Å². The summed E-state index contributed by atoms with van der Waals surface area (Å²) in [5.41, 5.74) is 6.88. The molecule has 8 nitrogen and oxygen atoms in total. The van der Waals surface area contributed by atoms with Gasteiger partial charge in [-0.15, -0.1) is 0 Å². The SMILES string of the molecule is C=C/C(=C\C=C/C)c1c2c(nn1C)CCc1cnc(Nc3ccc(C(=O)OC)cc3OC)nc1-2.[HH]. The molecule has 3 aromatic rings. The van der Waals surface area contributed by atoms with Gasteiger partial charge in [-0.1, -0.05) is 30.9 Å². The van der Waals surface area contributed by atoms with E-state index in [9.17, 15) is 4.79 Å². The lowest BCUT2D eigenvalue weighted by Crippen LogP contribution is -2.09. The number of fused-ring (bicyclic) bond motifs is 3. The molecule has 0 saturated heterocycles. The Morgan fingerprint density at radius 2 is 2.12 bits per heavy atom. The molecule has 0 unspecified atom stereocenters. The van der Waals surface area contributed by atoms with Crippen molar-refractivity contribution in [3.05, 3.63) is 77.8 Å². The van der Waals surface area contributed by atoms with E-state index in [2.05, 4.69) is 16.9 Å². The van der Waals surface area contributed by atoms with E-state index < -0.39 is 5.97 Å². The molecule has 176 valence electrons. The van der Waals surface area contributed by atoms with Crippen molar-refractivity contribution in [1.29, 1.82) is 0 Å². The molecule has 4 rings (SSSR count). The number of carbonyl (C=O) groups excluding carboxylic acids is 1. The number of hydrogen-bond acceptors (Lipinski definition) is 7. The average molecular weight is 460 g/mol. The van der Waals surface area contributed by atoms with Crippen molar-refractivity contribution in [1.82, 2.24) is 19.7 Å². The van der Waals surface area contributed by atoms with Gasteiger partial charge in [0.25, 0.3) is 0 Å². The van der Waals surface area contributed by atoms with E-state index in [-0.39, 0.29) is 1.43 Å². The van der Waals surface area contributed by atoms with E-state index in [1.54, 1.807) is 18.2 Å². The molecule has 0 radical (unpaired) electrons. The molecule has 0 bridgehead atoms. The van der Waals surface area contributed by atoms with Gasteiger partial charge in [0.1, 0.15) is 5.75 Å². The fraction of sp³-hybridized carbons (Fsp3) is 0.231. The van der Waals surface area contributed by atoms with Gasteiger partial charge in [-0.25, -0.2) is 14.8 Å². The molecule has 0 spiro atoms. The van der Waals surface area contributed by atoms with Crippen LogP contribution in [0.4, 0.5) is 11.6 Å². The van der Waals surface area contributed by atoms with Crippen molar-refractivity contribution in [3.63, 3.8) is 0 Å². The first kappa shape index (κ1) is 23.0. The van der Waals surface area contributed by atoms with Crippen molar-refractivity contribution in [3.8, 4) is 17.0 Å². The normalized spacial score (nSPS) is 12.8. The number of rotatable bonds is 7. The van der Waals surface area contributed by atoms with Gasteiger partial charge in [-0.2, -0.15) is 5.10 Å². The summed E-state index contributed by atoms with van der Waals surface area (Å²) in [6, 6.07) is 5.02. The number of methoxy groups -OCH3 is 2. The monoisotopic (exact) mass is 459 g/mol. The van der Waals surface area contributed by atoms with Crippen LogP contribution in [0.1, 0.15) is 35.7 Å². The van der Waals surface area contributed by atoms with Crippen LogP contribution in [0.3, 0.4) is 0 Å². The molecule has 1 aromatic carbocycles. The Morgan fingerprint density at radius 3 is 2.82 bits per heavy atom. The van der Waals surface area contributed by atoms with Crippen molar-refractivity contribution in [2.45, 2.75) is 19.8 Å². The van der Waals surface area contributed by atoms with Crippen LogP contribution in [0.25, 0.3) is 16.8 Å². The number of allylic oxidation sites excluding steroid dienone is 5. The van der Waals surface area contributed by atoms with Crippen molar-refractivity contribution in [2.75, 3.05) is 19.5 Å². The molecule has 34 heavy (non-hydrogen) atoms. The maximum atomic E-state index is 11.9. The zero-order valence-electron chi connectivity index (χ0n) is 19.8. The van der Waals surface area contributed by atoms with Crippen LogP contribution in [0.2, 0.25) is 0 Å². The van der Waals surface area contributed by atoms with Crippen molar-refractivity contribution in [2.24, 2.45) is 7.05 Å². The minimum atomic E-state index is -0.435. The molecule has 0 amide bonds. The molecule has 0 atom stereocenters. The van der Waals surface area contributed by atoms with E-state index in [0.717, 1.165) is 46.6 Å². The van der Waals surface area contributed by atoms with E-state index in [1.807, 2.05) is 49.2 Å². The summed E-state index contributed by atoms with van der Waals surface area (Å²) in [5.74, 6) is 0.467. The Balaban J connectivity index is 0.00000342. The summed E-state index contributed by atoms with van der Waals surface area (Å²) in [5, 5.41) is 7.98. The summed E-state index contributed by atoms with van der Waals surface area (Å²) in [6.07, 6.45) is 11.3. The molecule has 8 heteroatoms. The van der Waals surface area contributed by atoms with Gasteiger partial charge in [-0.05, 0) is 49.1 Å². The Kier molecular flexibility index (Phi) is 6.58. The Bertz CT molecular complexity index is 1330. The zero-order valence-corrected chi connectivity index (χ0v) is 19.8. The summed E-state index contributed by atoms with van der Waals surface area (Å²) < 4.78 is 12.1. The summed E-state index contributed by atoms with van der Waals surface area (Å²) in [7, 11) is 4.82. The molecular formula is C26H29N5O3. The summed E-state index contributed by atoms with van der Waals surface area (Å²) >= 11 is 0. The van der Waals surface area contributed by atoms with Gasteiger partial charge in [0.15, 0.2) is 0 Å². The highest BCUT2D eigenvalue weighted by atomic mass is 16.5. The lowest BCUT2D eigenvalue weighted by Gasteiger charge is -2.18. The van der Waals surface area contributed by atoms with Gasteiger partial charge in [-0.3, -0.25) is 4.68 Å². The summed E-state index contributed by atoms with van der Waals surface area (Å²) in [6.45, 7) is 5.97. The topological polar surface area (TPSA) is 91.2 Å². The third kappa shape index (κ3) is 4.22. The Morgan fingerprint density at radius 1 is 1.29 bits per heavy atom. The molecular weight excluding hydrogens is 430 g/mol. The molecule has 0 saturated carbocycles. The van der Waals surface area contributed by atoms with Crippen LogP contribution in [-0.2, 0) is 24.6 Å². The number of ether oxygens (including phenoxy) is 2. The zero-order chi connectivity index (χ0) is 24.2. The van der Waals surface area contributed by atoms with E-state index in [0.29, 0.717) is 22.9 Å². The number of carbonyl (C=O) groups is 1. The predicted octanol–water partition coefficient (Wildman–Crippen LogP) is 4.91. The Hall–Kier alpha value is -4.20. The van der Waals surface area contributed by atoms with Crippen LogP contribution in [0.15, 0.2) is 55.3 Å². The molecule has 0 fully saturated rings. The third-order valence-corrected chi connectivity index (χ3v) is 5.68. The minimum absolute atomic E-state index is 0. The number of nitrogens with one attached hydrogen (secondary N) is 1. The smallest absolute Gasteiger partial charge is 0.337 e. The predicted molar refractivity (Wildman–Crippen MR) is 134 cm³/mol.